The first-order valence-electron chi connectivity index (χ1n) is 5.08. The first-order chi connectivity index (χ1) is 7.41. The molecule has 0 atom stereocenters. The van der Waals surface area contributed by atoms with Gasteiger partial charge < -0.3 is 5.11 Å². The summed E-state index contributed by atoms with van der Waals surface area (Å²) in [6.45, 7) is 11.7. The predicted molar refractivity (Wildman–Crippen MR) is 69.7 cm³/mol. The van der Waals surface area contributed by atoms with Crippen molar-refractivity contribution < 1.29 is 9.90 Å². The zero-order valence-electron chi connectivity index (χ0n) is 9.67. The average molecular weight is 236 g/mol. The molecule has 0 amide bonds. The van der Waals surface area contributed by atoms with Crippen LogP contribution in [0.15, 0.2) is 19.2 Å². The van der Waals surface area contributed by atoms with Crippen LogP contribution in [-0.4, -0.2) is 11.1 Å². The Bertz CT molecular complexity index is 441. The van der Waals surface area contributed by atoms with Crippen molar-refractivity contribution in [3.63, 3.8) is 0 Å². The number of carboxylic acid groups (broad SMARTS) is 1. The van der Waals surface area contributed by atoms with Gasteiger partial charge >= 0.3 is 5.97 Å². The third-order valence-corrected chi connectivity index (χ3v) is 3.73. The summed E-state index contributed by atoms with van der Waals surface area (Å²) in [6, 6.07) is 2.03. The van der Waals surface area contributed by atoms with Crippen LogP contribution in [0.5, 0.6) is 0 Å². The van der Waals surface area contributed by atoms with Gasteiger partial charge in [-0.15, -0.1) is 11.3 Å². The molecule has 16 heavy (non-hydrogen) atoms. The smallest absolute Gasteiger partial charge is 0.303 e. The Morgan fingerprint density at radius 2 is 2.00 bits per heavy atom. The molecule has 1 N–H and O–H groups in total. The van der Waals surface area contributed by atoms with Gasteiger partial charge in [0.15, 0.2) is 0 Å². The van der Waals surface area contributed by atoms with Gasteiger partial charge in [0, 0.05) is 16.2 Å². The number of carbonyl (C=O) groups is 1. The highest BCUT2D eigenvalue weighted by atomic mass is 32.1. The highest BCUT2D eigenvalue weighted by Gasteiger charge is 2.11. The first-order valence-corrected chi connectivity index (χ1v) is 5.89. The minimum absolute atomic E-state index is 0.159. The van der Waals surface area contributed by atoms with Crippen LogP contribution < -0.4 is 0 Å². The van der Waals surface area contributed by atoms with Crippen molar-refractivity contribution >= 4 is 28.5 Å². The monoisotopic (exact) mass is 236 g/mol. The van der Waals surface area contributed by atoms with Crippen molar-refractivity contribution in [3.05, 3.63) is 34.5 Å². The van der Waals surface area contributed by atoms with E-state index in [1.165, 1.54) is 0 Å². The topological polar surface area (TPSA) is 37.3 Å². The summed E-state index contributed by atoms with van der Waals surface area (Å²) in [5.74, 6) is -0.768. The van der Waals surface area contributed by atoms with E-state index in [1.54, 1.807) is 11.3 Å². The molecule has 0 aliphatic heterocycles. The molecular formula is C13H16O2S. The van der Waals surface area contributed by atoms with Crippen LogP contribution in [0.1, 0.15) is 35.6 Å². The van der Waals surface area contributed by atoms with Gasteiger partial charge in [0.25, 0.3) is 0 Å². The summed E-state index contributed by atoms with van der Waals surface area (Å²) >= 11 is 1.64. The third kappa shape index (κ3) is 3.07. The van der Waals surface area contributed by atoms with E-state index in [1.807, 2.05) is 19.9 Å². The minimum Gasteiger partial charge on any atom is -0.481 e. The molecule has 1 aromatic heterocycles. The number of thiophene rings is 1. The molecule has 0 aromatic carbocycles. The van der Waals surface area contributed by atoms with E-state index >= 15 is 0 Å². The molecule has 1 heterocycles. The third-order valence-electron chi connectivity index (χ3n) is 2.23. The Kier molecular flexibility index (Phi) is 4.07. The summed E-state index contributed by atoms with van der Waals surface area (Å²) in [4.78, 5) is 12.8. The molecule has 2 nitrogen and oxygen atoms in total. The van der Waals surface area contributed by atoms with E-state index in [0.29, 0.717) is 6.42 Å². The van der Waals surface area contributed by atoms with Crippen LogP contribution in [0.25, 0.3) is 11.1 Å². The minimum atomic E-state index is -0.768. The van der Waals surface area contributed by atoms with Gasteiger partial charge in [-0.3, -0.25) is 4.79 Å². The molecule has 0 fully saturated rings. The highest BCUT2D eigenvalue weighted by Crippen LogP contribution is 2.32. The fraction of sp³-hybridized carbons (Fsp3) is 0.308. The Labute approximate surface area is 99.9 Å². The molecule has 0 radical (unpaired) electrons. The van der Waals surface area contributed by atoms with Gasteiger partial charge in [0.2, 0.25) is 0 Å². The largest absolute Gasteiger partial charge is 0.481 e. The number of hydrogen-bond acceptors (Lipinski definition) is 2. The molecule has 1 rings (SSSR count). The van der Waals surface area contributed by atoms with Crippen LogP contribution in [0.3, 0.4) is 0 Å². The van der Waals surface area contributed by atoms with E-state index in [-0.39, 0.29) is 6.42 Å². The lowest BCUT2D eigenvalue weighted by atomic mass is 10.1. The Morgan fingerprint density at radius 3 is 2.44 bits per heavy atom. The molecular weight excluding hydrogens is 220 g/mol. The average Bonchev–Trinajstić information content (AvgIpc) is 2.58. The fourth-order valence-corrected chi connectivity index (χ4v) is 2.49. The number of carboxylic acids is 1. The van der Waals surface area contributed by atoms with Crippen LogP contribution >= 0.6 is 11.3 Å². The van der Waals surface area contributed by atoms with E-state index in [9.17, 15) is 4.79 Å². The maximum Gasteiger partial charge on any atom is 0.303 e. The molecule has 0 spiro atoms. The zero-order chi connectivity index (χ0) is 12.3. The van der Waals surface area contributed by atoms with E-state index in [0.717, 1.165) is 26.5 Å². The maximum absolute atomic E-state index is 10.6. The molecule has 0 aliphatic carbocycles. The lowest BCUT2D eigenvalue weighted by Gasteiger charge is -2.00. The van der Waals surface area contributed by atoms with Crippen molar-refractivity contribution in [2.45, 2.75) is 26.7 Å². The maximum atomic E-state index is 10.6. The summed E-state index contributed by atoms with van der Waals surface area (Å²) in [5, 5.41) is 8.68. The van der Waals surface area contributed by atoms with Crippen molar-refractivity contribution in [1.29, 1.82) is 0 Å². The van der Waals surface area contributed by atoms with Gasteiger partial charge in [0.05, 0.1) is 0 Å². The van der Waals surface area contributed by atoms with Gasteiger partial charge in [-0.05, 0) is 43.0 Å². The summed E-state index contributed by atoms with van der Waals surface area (Å²) in [6.07, 6.45) is 0.716. The number of rotatable bonds is 5. The van der Waals surface area contributed by atoms with E-state index in [2.05, 4.69) is 13.2 Å². The molecule has 0 saturated heterocycles. The predicted octanol–water partition coefficient (Wildman–Crippen LogP) is 3.83. The van der Waals surface area contributed by atoms with Crippen molar-refractivity contribution in [2.75, 3.05) is 0 Å². The zero-order valence-corrected chi connectivity index (χ0v) is 10.5. The lowest BCUT2D eigenvalue weighted by molar-refractivity contribution is -0.136. The van der Waals surface area contributed by atoms with Crippen molar-refractivity contribution in [1.82, 2.24) is 0 Å². The van der Waals surface area contributed by atoms with Crippen molar-refractivity contribution in [3.8, 4) is 0 Å². The normalized spacial score (nSPS) is 10.1. The van der Waals surface area contributed by atoms with Crippen LogP contribution in [0.2, 0.25) is 0 Å². The van der Waals surface area contributed by atoms with Crippen LogP contribution in [-0.2, 0) is 11.2 Å². The number of hydrogen-bond donors (Lipinski definition) is 1. The fourth-order valence-electron chi connectivity index (χ4n) is 1.43. The molecule has 86 valence electrons. The summed E-state index contributed by atoms with van der Waals surface area (Å²) in [7, 11) is 0. The SMILES string of the molecule is C=C(C)c1cc(CCC(=O)O)c(C(=C)C)s1. The second-order valence-corrected chi connectivity index (χ2v) is 4.97. The highest BCUT2D eigenvalue weighted by molar-refractivity contribution is 7.14. The number of aryl methyl sites for hydroxylation is 1. The molecule has 0 bridgehead atoms. The Morgan fingerprint density at radius 1 is 1.38 bits per heavy atom. The second-order valence-electron chi connectivity index (χ2n) is 3.92. The molecule has 0 saturated carbocycles. The standard InChI is InChI=1S/C13H16O2S/c1-8(2)11-7-10(5-6-12(14)15)13(16-11)9(3)4/h7H,1,3,5-6H2,2,4H3,(H,14,15). The first kappa shape index (κ1) is 12.7. The van der Waals surface area contributed by atoms with Crippen LogP contribution in [0.4, 0.5) is 0 Å². The van der Waals surface area contributed by atoms with Crippen molar-refractivity contribution in [2.24, 2.45) is 0 Å². The van der Waals surface area contributed by atoms with Gasteiger partial charge in [0.1, 0.15) is 0 Å². The van der Waals surface area contributed by atoms with Gasteiger partial charge in [-0.2, -0.15) is 0 Å². The second kappa shape index (κ2) is 5.12. The van der Waals surface area contributed by atoms with Crippen LogP contribution in [0, 0.1) is 0 Å². The number of aliphatic carboxylic acids is 1. The molecule has 0 unspecified atom stereocenters. The summed E-state index contributed by atoms with van der Waals surface area (Å²) in [5.41, 5.74) is 3.06. The van der Waals surface area contributed by atoms with E-state index < -0.39 is 5.97 Å². The van der Waals surface area contributed by atoms with E-state index in [4.69, 9.17) is 5.11 Å². The van der Waals surface area contributed by atoms with Gasteiger partial charge in [-0.25, -0.2) is 0 Å². The van der Waals surface area contributed by atoms with Gasteiger partial charge in [-0.1, -0.05) is 13.2 Å². The summed E-state index contributed by atoms with van der Waals surface area (Å²) < 4.78 is 0. The molecule has 1 aromatic rings. The molecule has 0 aliphatic rings. The quantitative estimate of drug-likeness (QED) is 0.843. The number of allylic oxidation sites excluding steroid dienone is 2. The lowest BCUT2D eigenvalue weighted by Crippen LogP contribution is -1.97. The molecule has 3 heteroatoms. The Balaban J connectivity index is 3.00. The Hall–Kier alpha value is -1.35.